The van der Waals surface area contributed by atoms with Crippen LogP contribution in [0, 0.1) is 11.5 Å². The summed E-state index contributed by atoms with van der Waals surface area (Å²) in [5, 5.41) is 8.65. The Labute approximate surface area is 68.8 Å². The minimum Gasteiger partial charge on any atom is -0.399 e. The summed E-state index contributed by atoms with van der Waals surface area (Å²) in [7, 11) is 0. The number of aromatic nitrogens is 2. The molecule has 0 unspecified atom stereocenters. The molecule has 2 N–H and O–H groups in total. The second kappa shape index (κ2) is 2.24. The second-order valence-electron chi connectivity index (χ2n) is 2.46. The highest BCUT2D eigenvalue weighted by Gasteiger charge is 2.00. The van der Waals surface area contributed by atoms with Crippen LogP contribution in [0.5, 0.6) is 0 Å². The van der Waals surface area contributed by atoms with Gasteiger partial charge in [0.1, 0.15) is 6.33 Å². The van der Waals surface area contributed by atoms with Crippen molar-refractivity contribution in [1.82, 2.24) is 9.55 Å². The third kappa shape index (κ3) is 0.805. The maximum Gasteiger partial charge on any atom is 0.190 e. The fourth-order valence-corrected chi connectivity index (χ4v) is 1.10. The van der Waals surface area contributed by atoms with Gasteiger partial charge in [-0.2, -0.15) is 5.26 Å². The molecule has 4 heteroatoms. The number of fused-ring (bicyclic) bond motifs is 1. The minimum atomic E-state index is 0.638. The summed E-state index contributed by atoms with van der Waals surface area (Å²) in [6.07, 6.45) is 3.45. The number of anilines is 1. The predicted molar refractivity (Wildman–Crippen MR) is 45.2 cm³/mol. The molecule has 0 radical (unpaired) electrons. The molecule has 58 valence electrons. The van der Waals surface area contributed by atoms with Crippen LogP contribution in [0.25, 0.3) is 11.0 Å². The molecular formula is C8H6N4. The van der Waals surface area contributed by atoms with Crippen LogP contribution in [-0.4, -0.2) is 9.55 Å². The Morgan fingerprint density at radius 2 is 2.33 bits per heavy atom. The lowest BCUT2D eigenvalue weighted by atomic mass is 10.3. The lowest BCUT2D eigenvalue weighted by Gasteiger charge is -1.92. The molecule has 0 atom stereocenters. The van der Waals surface area contributed by atoms with E-state index in [1.54, 1.807) is 18.2 Å². The third-order valence-electron chi connectivity index (χ3n) is 1.68. The van der Waals surface area contributed by atoms with Crippen molar-refractivity contribution in [3.8, 4) is 6.19 Å². The van der Waals surface area contributed by atoms with E-state index in [0.717, 1.165) is 11.0 Å². The van der Waals surface area contributed by atoms with E-state index in [9.17, 15) is 0 Å². The van der Waals surface area contributed by atoms with Gasteiger partial charge in [-0.15, -0.1) is 0 Å². The molecular weight excluding hydrogens is 152 g/mol. The molecule has 0 saturated carbocycles. The van der Waals surface area contributed by atoms with Gasteiger partial charge in [-0.1, -0.05) is 0 Å². The van der Waals surface area contributed by atoms with Gasteiger partial charge in [0, 0.05) is 5.69 Å². The number of hydrogen-bond acceptors (Lipinski definition) is 3. The summed E-state index contributed by atoms with van der Waals surface area (Å²) in [6.45, 7) is 0. The van der Waals surface area contributed by atoms with E-state index in [1.165, 1.54) is 10.9 Å². The zero-order valence-corrected chi connectivity index (χ0v) is 6.23. The van der Waals surface area contributed by atoms with Crippen molar-refractivity contribution < 1.29 is 0 Å². The van der Waals surface area contributed by atoms with Crippen molar-refractivity contribution in [3.63, 3.8) is 0 Å². The first-order valence-corrected chi connectivity index (χ1v) is 3.44. The van der Waals surface area contributed by atoms with Gasteiger partial charge in [0.15, 0.2) is 6.19 Å². The van der Waals surface area contributed by atoms with E-state index in [1.807, 2.05) is 6.19 Å². The van der Waals surface area contributed by atoms with Crippen molar-refractivity contribution in [2.45, 2.75) is 0 Å². The standard InChI is InChI=1S/C8H6N4/c9-4-12-5-11-7-2-1-6(10)3-8(7)12/h1-3,5H,10H2. The van der Waals surface area contributed by atoms with Gasteiger partial charge in [-0.3, -0.25) is 0 Å². The summed E-state index contributed by atoms with van der Waals surface area (Å²) < 4.78 is 1.38. The van der Waals surface area contributed by atoms with Crippen molar-refractivity contribution in [1.29, 1.82) is 5.26 Å². The zero-order chi connectivity index (χ0) is 8.55. The molecule has 0 spiro atoms. The Kier molecular flexibility index (Phi) is 1.25. The fraction of sp³-hybridized carbons (Fsp3) is 0. The quantitative estimate of drug-likeness (QED) is 0.580. The van der Waals surface area contributed by atoms with Crippen molar-refractivity contribution in [2.24, 2.45) is 0 Å². The average molecular weight is 158 g/mol. The van der Waals surface area contributed by atoms with E-state index < -0.39 is 0 Å². The number of nitrogen functional groups attached to an aromatic ring is 1. The van der Waals surface area contributed by atoms with Gasteiger partial charge in [-0.05, 0) is 18.2 Å². The molecule has 2 rings (SSSR count). The Morgan fingerprint density at radius 3 is 3.08 bits per heavy atom. The Bertz CT molecular complexity index is 463. The van der Waals surface area contributed by atoms with Crippen LogP contribution >= 0.6 is 0 Å². The minimum absolute atomic E-state index is 0.638. The number of nitriles is 1. The average Bonchev–Trinajstić information content (AvgIpc) is 2.46. The van der Waals surface area contributed by atoms with E-state index in [0.29, 0.717) is 5.69 Å². The van der Waals surface area contributed by atoms with Gasteiger partial charge in [0.25, 0.3) is 0 Å². The first kappa shape index (κ1) is 6.68. The highest BCUT2D eigenvalue weighted by Crippen LogP contribution is 2.14. The summed E-state index contributed by atoms with van der Waals surface area (Å²) in [5.41, 5.74) is 7.73. The Balaban J connectivity index is 2.86. The number of nitrogens with two attached hydrogens (primary N) is 1. The number of benzene rings is 1. The molecule has 1 heterocycles. The normalized spacial score (nSPS) is 9.92. The van der Waals surface area contributed by atoms with E-state index >= 15 is 0 Å². The molecule has 0 saturated heterocycles. The van der Waals surface area contributed by atoms with Crippen LogP contribution in [0.1, 0.15) is 0 Å². The third-order valence-corrected chi connectivity index (χ3v) is 1.68. The van der Waals surface area contributed by atoms with Crippen molar-refractivity contribution in [3.05, 3.63) is 24.5 Å². The largest absolute Gasteiger partial charge is 0.399 e. The number of rotatable bonds is 0. The smallest absolute Gasteiger partial charge is 0.190 e. The van der Waals surface area contributed by atoms with E-state index in [2.05, 4.69) is 4.98 Å². The first-order valence-electron chi connectivity index (χ1n) is 3.44. The lowest BCUT2D eigenvalue weighted by Crippen LogP contribution is -1.87. The molecule has 0 fully saturated rings. The molecule has 1 aromatic heterocycles. The summed E-state index contributed by atoms with van der Waals surface area (Å²) in [6, 6.07) is 5.28. The van der Waals surface area contributed by atoms with Crippen LogP contribution < -0.4 is 5.73 Å². The lowest BCUT2D eigenvalue weighted by molar-refractivity contribution is 1.11. The van der Waals surface area contributed by atoms with Gasteiger partial charge in [-0.25, -0.2) is 9.55 Å². The molecule has 0 aliphatic carbocycles. The second-order valence-corrected chi connectivity index (χ2v) is 2.46. The number of nitrogens with zero attached hydrogens (tertiary/aromatic N) is 3. The van der Waals surface area contributed by atoms with Gasteiger partial charge < -0.3 is 5.73 Å². The van der Waals surface area contributed by atoms with Crippen molar-refractivity contribution >= 4 is 16.7 Å². The topological polar surface area (TPSA) is 67.6 Å². The summed E-state index contributed by atoms with van der Waals surface area (Å²) in [5.74, 6) is 0. The van der Waals surface area contributed by atoms with Crippen LogP contribution in [0.2, 0.25) is 0 Å². The number of hydrogen-bond donors (Lipinski definition) is 1. The van der Waals surface area contributed by atoms with Crippen molar-refractivity contribution in [2.75, 3.05) is 5.73 Å². The molecule has 0 aliphatic rings. The highest BCUT2D eigenvalue weighted by molar-refractivity contribution is 5.79. The molecule has 0 aliphatic heterocycles. The molecule has 2 aromatic rings. The number of imidazole rings is 1. The molecule has 1 aromatic carbocycles. The zero-order valence-electron chi connectivity index (χ0n) is 6.23. The Morgan fingerprint density at radius 1 is 1.50 bits per heavy atom. The monoisotopic (exact) mass is 158 g/mol. The molecule has 4 nitrogen and oxygen atoms in total. The molecule has 12 heavy (non-hydrogen) atoms. The SMILES string of the molecule is N#Cn1cnc2ccc(N)cc21. The summed E-state index contributed by atoms with van der Waals surface area (Å²) >= 11 is 0. The van der Waals surface area contributed by atoms with Crippen LogP contribution in [0.15, 0.2) is 24.5 Å². The van der Waals surface area contributed by atoms with E-state index in [4.69, 9.17) is 11.0 Å². The highest BCUT2D eigenvalue weighted by atomic mass is 15.0. The van der Waals surface area contributed by atoms with Gasteiger partial charge >= 0.3 is 0 Å². The maximum absolute atomic E-state index is 8.65. The fourth-order valence-electron chi connectivity index (χ4n) is 1.10. The van der Waals surface area contributed by atoms with E-state index in [-0.39, 0.29) is 0 Å². The van der Waals surface area contributed by atoms with Gasteiger partial charge in [0.05, 0.1) is 11.0 Å². The van der Waals surface area contributed by atoms with Crippen LogP contribution in [0.4, 0.5) is 5.69 Å². The molecule has 0 amide bonds. The molecule has 0 bridgehead atoms. The predicted octanol–water partition coefficient (Wildman–Crippen LogP) is 0.948. The Hall–Kier alpha value is -2.02. The summed E-state index contributed by atoms with van der Waals surface area (Å²) in [4.78, 5) is 4.02. The van der Waals surface area contributed by atoms with Crippen LogP contribution in [-0.2, 0) is 0 Å². The van der Waals surface area contributed by atoms with Crippen LogP contribution in [0.3, 0.4) is 0 Å². The van der Waals surface area contributed by atoms with Gasteiger partial charge in [0.2, 0.25) is 0 Å². The maximum atomic E-state index is 8.65. The first-order chi connectivity index (χ1) is 5.81.